The van der Waals surface area contributed by atoms with Crippen molar-refractivity contribution in [2.45, 2.75) is 19.4 Å². The Morgan fingerprint density at radius 3 is 2.66 bits per heavy atom. The zero-order valence-electron chi connectivity index (χ0n) is 16.6. The van der Waals surface area contributed by atoms with E-state index in [9.17, 15) is 4.79 Å². The fraction of sp³-hybridized carbons (Fsp3) is 0.318. The van der Waals surface area contributed by atoms with Gasteiger partial charge in [-0.2, -0.15) is 0 Å². The third-order valence-corrected chi connectivity index (χ3v) is 5.22. The number of amides is 1. The summed E-state index contributed by atoms with van der Waals surface area (Å²) >= 11 is 0. The van der Waals surface area contributed by atoms with E-state index >= 15 is 0 Å². The minimum absolute atomic E-state index is 0.152. The maximum absolute atomic E-state index is 12.8. The average Bonchev–Trinajstić information content (AvgIpc) is 3.31. The van der Waals surface area contributed by atoms with Gasteiger partial charge in [0, 0.05) is 42.2 Å². The van der Waals surface area contributed by atoms with Crippen LogP contribution in [0, 0.1) is 0 Å². The van der Waals surface area contributed by atoms with Crippen LogP contribution in [-0.2, 0) is 6.54 Å². The van der Waals surface area contributed by atoms with E-state index in [4.69, 9.17) is 9.47 Å². The zero-order chi connectivity index (χ0) is 20.2. The van der Waals surface area contributed by atoms with Crippen LogP contribution in [0.25, 0.3) is 10.9 Å². The topological polar surface area (TPSA) is 76.6 Å². The van der Waals surface area contributed by atoms with Gasteiger partial charge in [0.25, 0.3) is 5.91 Å². The Bertz CT molecular complexity index is 1030. The van der Waals surface area contributed by atoms with Gasteiger partial charge in [0.1, 0.15) is 23.6 Å². The van der Waals surface area contributed by atoms with Gasteiger partial charge in [0.2, 0.25) is 0 Å². The summed E-state index contributed by atoms with van der Waals surface area (Å²) in [6.45, 7) is 2.33. The number of hydrogen-bond acceptors (Lipinski definition) is 6. The number of benzene rings is 2. The summed E-state index contributed by atoms with van der Waals surface area (Å²) in [5.41, 5.74) is 2.30. The monoisotopic (exact) mass is 392 g/mol. The van der Waals surface area contributed by atoms with E-state index in [0.717, 1.165) is 48.2 Å². The fourth-order valence-corrected chi connectivity index (χ4v) is 3.64. The number of carbonyl (C=O) groups excluding carboxylic acids is 1. The molecule has 0 radical (unpaired) electrons. The van der Waals surface area contributed by atoms with Gasteiger partial charge in [-0.15, -0.1) is 0 Å². The van der Waals surface area contributed by atoms with Gasteiger partial charge in [-0.25, -0.2) is 9.97 Å². The van der Waals surface area contributed by atoms with Gasteiger partial charge >= 0.3 is 0 Å². The molecule has 1 N–H and O–H groups in total. The maximum Gasteiger partial charge on any atom is 0.251 e. The van der Waals surface area contributed by atoms with E-state index in [1.165, 1.54) is 0 Å². The van der Waals surface area contributed by atoms with Gasteiger partial charge in [0.05, 0.1) is 19.7 Å². The quantitative estimate of drug-likeness (QED) is 0.694. The van der Waals surface area contributed by atoms with Crippen LogP contribution in [0.5, 0.6) is 11.5 Å². The van der Waals surface area contributed by atoms with E-state index < -0.39 is 0 Å². The third kappa shape index (κ3) is 3.94. The Hall–Kier alpha value is -3.35. The highest BCUT2D eigenvalue weighted by atomic mass is 16.5. The summed E-state index contributed by atoms with van der Waals surface area (Å²) in [4.78, 5) is 23.9. The molecule has 0 aliphatic carbocycles. The van der Waals surface area contributed by atoms with Crippen LogP contribution in [0.2, 0.25) is 0 Å². The van der Waals surface area contributed by atoms with Crippen molar-refractivity contribution < 1.29 is 14.3 Å². The fourth-order valence-electron chi connectivity index (χ4n) is 3.64. The molecule has 0 atom stereocenters. The van der Waals surface area contributed by atoms with E-state index in [2.05, 4.69) is 20.2 Å². The second-order valence-electron chi connectivity index (χ2n) is 6.98. The number of rotatable bonds is 6. The first-order valence-corrected chi connectivity index (χ1v) is 9.68. The SMILES string of the molecule is COc1ccc(CNC(=O)c2ccc3ncnc(N4CCCC4)c3c2)c(OC)c1. The minimum Gasteiger partial charge on any atom is -0.497 e. The number of nitrogens with zero attached hydrogens (tertiary/aromatic N) is 3. The second kappa shape index (κ2) is 8.34. The standard InChI is InChI=1S/C22H24N4O3/c1-28-17-7-5-16(20(12-17)29-2)13-23-22(27)15-6-8-19-18(11-15)21(25-14-24-19)26-9-3-4-10-26/h5-8,11-12,14H,3-4,9-10,13H2,1-2H3,(H,23,27). The molecule has 1 fully saturated rings. The molecule has 29 heavy (non-hydrogen) atoms. The highest BCUT2D eigenvalue weighted by molar-refractivity contribution is 6.00. The van der Waals surface area contributed by atoms with Crippen LogP contribution in [-0.4, -0.2) is 43.2 Å². The van der Waals surface area contributed by atoms with Crippen LogP contribution in [0.4, 0.5) is 5.82 Å². The van der Waals surface area contributed by atoms with Gasteiger partial charge < -0.3 is 19.7 Å². The van der Waals surface area contributed by atoms with Crippen molar-refractivity contribution in [3.8, 4) is 11.5 Å². The summed E-state index contributed by atoms with van der Waals surface area (Å²) in [5, 5.41) is 3.87. The lowest BCUT2D eigenvalue weighted by molar-refractivity contribution is 0.0951. The van der Waals surface area contributed by atoms with E-state index in [-0.39, 0.29) is 5.91 Å². The summed E-state index contributed by atoms with van der Waals surface area (Å²) in [6.07, 6.45) is 3.91. The molecule has 1 amide bonds. The maximum atomic E-state index is 12.8. The van der Waals surface area contributed by atoms with Gasteiger partial charge in [-0.05, 0) is 43.2 Å². The first kappa shape index (κ1) is 19.0. The molecule has 2 heterocycles. The lowest BCUT2D eigenvalue weighted by Crippen LogP contribution is -2.23. The average molecular weight is 392 g/mol. The highest BCUT2D eigenvalue weighted by Gasteiger charge is 2.18. The number of methoxy groups -OCH3 is 2. The number of nitrogens with one attached hydrogen (secondary N) is 1. The molecule has 7 nitrogen and oxygen atoms in total. The zero-order valence-corrected chi connectivity index (χ0v) is 16.6. The van der Waals surface area contributed by atoms with Crippen molar-refractivity contribution in [1.82, 2.24) is 15.3 Å². The van der Waals surface area contributed by atoms with Crippen LogP contribution >= 0.6 is 0 Å². The van der Waals surface area contributed by atoms with Crippen molar-refractivity contribution in [2.24, 2.45) is 0 Å². The second-order valence-corrected chi connectivity index (χ2v) is 6.98. The van der Waals surface area contributed by atoms with Crippen molar-refractivity contribution in [2.75, 3.05) is 32.2 Å². The van der Waals surface area contributed by atoms with Crippen molar-refractivity contribution in [1.29, 1.82) is 0 Å². The molecular weight excluding hydrogens is 368 g/mol. The number of aromatic nitrogens is 2. The largest absolute Gasteiger partial charge is 0.497 e. The van der Waals surface area contributed by atoms with E-state index in [1.807, 2.05) is 24.3 Å². The molecule has 150 valence electrons. The Morgan fingerprint density at radius 2 is 1.90 bits per heavy atom. The molecule has 7 heteroatoms. The molecule has 0 spiro atoms. The normalized spacial score (nSPS) is 13.5. The molecule has 0 saturated carbocycles. The van der Waals surface area contributed by atoms with Crippen LogP contribution < -0.4 is 19.7 Å². The van der Waals surface area contributed by atoms with E-state index in [1.54, 1.807) is 32.7 Å². The molecule has 2 aromatic carbocycles. The van der Waals surface area contributed by atoms with Gasteiger partial charge in [-0.1, -0.05) is 0 Å². The molecule has 1 aliphatic rings. The molecule has 1 aliphatic heterocycles. The Balaban J connectivity index is 1.55. The molecule has 1 aromatic heterocycles. The Morgan fingerprint density at radius 1 is 1.07 bits per heavy atom. The number of hydrogen-bond donors (Lipinski definition) is 1. The number of carbonyl (C=O) groups is 1. The Labute approximate surface area is 169 Å². The van der Waals surface area contributed by atoms with Crippen molar-refractivity contribution in [3.05, 3.63) is 53.9 Å². The summed E-state index contributed by atoms with van der Waals surface area (Å²) in [5.74, 6) is 2.13. The Kier molecular flexibility index (Phi) is 5.46. The smallest absolute Gasteiger partial charge is 0.251 e. The first-order valence-electron chi connectivity index (χ1n) is 9.68. The third-order valence-electron chi connectivity index (χ3n) is 5.22. The summed E-state index contributed by atoms with van der Waals surface area (Å²) in [7, 11) is 3.21. The highest BCUT2D eigenvalue weighted by Crippen LogP contribution is 2.27. The molecule has 0 bridgehead atoms. The number of fused-ring (bicyclic) bond motifs is 1. The molecular formula is C22H24N4O3. The predicted octanol–water partition coefficient (Wildman–Crippen LogP) is 3.18. The molecule has 1 saturated heterocycles. The summed E-state index contributed by atoms with van der Waals surface area (Å²) < 4.78 is 10.6. The van der Waals surface area contributed by atoms with Gasteiger partial charge in [-0.3, -0.25) is 4.79 Å². The first-order chi connectivity index (χ1) is 14.2. The number of anilines is 1. The summed E-state index contributed by atoms with van der Waals surface area (Å²) in [6, 6.07) is 11.1. The lowest BCUT2D eigenvalue weighted by atomic mass is 10.1. The van der Waals surface area contributed by atoms with Crippen molar-refractivity contribution in [3.63, 3.8) is 0 Å². The molecule has 3 aromatic rings. The molecule has 4 rings (SSSR count). The number of ether oxygens (including phenoxy) is 2. The van der Waals surface area contributed by atoms with Crippen LogP contribution in [0.1, 0.15) is 28.8 Å². The predicted molar refractivity (Wildman–Crippen MR) is 112 cm³/mol. The van der Waals surface area contributed by atoms with Gasteiger partial charge in [0.15, 0.2) is 0 Å². The van der Waals surface area contributed by atoms with E-state index in [0.29, 0.717) is 23.6 Å². The lowest BCUT2D eigenvalue weighted by Gasteiger charge is -2.18. The van der Waals surface area contributed by atoms with Crippen LogP contribution in [0.3, 0.4) is 0 Å². The van der Waals surface area contributed by atoms with Crippen molar-refractivity contribution >= 4 is 22.6 Å². The molecule has 0 unspecified atom stereocenters. The van der Waals surface area contributed by atoms with Crippen LogP contribution in [0.15, 0.2) is 42.7 Å². The minimum atomic E-state index is -0.152.